The second-order valence-corrected chi connectivity index (χ2v) is 13.4. The van der Waals surface area contributed by atoms with Gasteiger partial charge in [0.2, 0.25) is 11.8 Å². The molecule has 0 saturated heterocycles. The molecule has 9 nitrogen and oxygen atoms in total. The van der Waals surface area contributed by atoms with E-state index in [-0.39, 0.29) is 34.8 Å². The van der Waals surface area contributed by atoms with Gasteiger partial charge in [0.25, 0.3) is 10.0 Å². The highest BCUT2D eigenvalue weighted by Gasteiger charge is 2.34. The summed E-state index contributed by atoms with van der Waals surface area (Å²) in [7, 11) is -1.36. The fourth-order valence-electron chi connectivity index (χ4n) is 5.17. The molecule has 0 unspecified atom stereocenters. The Hall–Kier alpha value is -3.47. The molecule has 1 aliphatic carbocycles. The monoisotopic (exact) mass is 661 g/mol. The van der Waals surface area contributed by atoms with Crippen LogP contribution >= 0.6 is 23.2 Å². The largest absolute Gasteiger partial charge is 0.493 e. The van der Waals surface area contributed by atoms with Gasteiger partial charge in [-0.3, -0.25) is 13.9 Å². The van der Waals surface area contributed by atoms with Gasteiger partial charge in [-0.25, -0.2) is 8.42 Å². The van der Waals surface area contributed by atoms with Crippen molar-refractivity contribution in [3.8, 4) is 11.5 Å². The minimum atomic E-state index is -4.26. The van der Waals surface area contributed by atoms with Gasteiger partial charge in [-0.15, -0.1) is 0 Å². The first kappa shape index (κ1) is 33.4. The number of nitrogens with zero attached hydrogens (tertiary/aromatic N) is 2. The van der Waals surface area contributed by atoms with Gasteiger partial charge < -0.3 is 19.7 Å². The molecule has 3 aromatic rings. The molecule has 1 N–H and O–H groups in total. The molecule has 0 heterocycles. The predicted octanol–water partition coefficient (Wildman–Crippen LogP) is 5.99. The number of sulfonamides is 1. The number of hydrogen-bond donors (Lipinski definition) is 1. The van der Waals surface area contributed by atoms with Crippen molar-refractivity contribution in [1.29, 1.82) is 0 Å². The first-order valence-corrected chi connectivity index (χ1v) is 16.5. The Morgan fingerprint density at radius 3 is 2.16 bits per heavy atom. The van der Waals surface area contributed by atoms with E-state index >= 15 is 0 Å². The molecule has 0 aliphatic heterocycles. The van der Waals surface area contributed by atoms with Crippen LogP contribution < -0.4 is 19.1 Å². The summed E-state index contributed by atoms with van der Waals surface area (Å²) < 4.78 is 40.0. The van der Waals surface area contributed by atoms with Crippen molar-refractivity contribution in [2.45, 2.75) is 63.1 Å². The normalized spacial score (nSPS) is 14.1. The lowest BCUT2D eigenvalue weighted by Crippen LogP contribution is -2.52. The van der Waals surface area contributed by atoms with Gasteiger partial charge in [-0.05, 0) is 63.1 Å². The second kappa shape index (κ2) is 14.5. The van der Waals surface area contributed by atoms with Crippen LogP contribution in [0.5, 0.6) is 11.5 Å². The van der Waals surface area contributed by atoms with E-state index in [0.717, 1.165) is 35.6 Å². The smallest absolute Gasteiger partial charge is 0.264 e. The van der Waals surface area contributed by atoms with Crippen LogP contribution in [0.1, 0.15) is 43.7 Å². The van der Waals surface area contributed by atoms with Crippen LogP contribution in [0.15, 0.2) is 65.6 Å². The molecule has 44 heavy (non-hydrogen) atoms. The fraction of sp³-hybridized carbons (Fsp3) is 0.375. The van der Waals surface area contributed by atoms with Gasteiger partial charge in [0.05, 0.1) is 24.8 Å². The average molecular weight is 663 g/mol. The van der Waals surface area contributed by atoms with Gasteiger partial charge in [0.1, 0.15) is 12.6 Å². The van der Waals surface area contributed by atoms with Gasteiger partial charge in [0.15, 0.2) is 11.5 Å². The molecular formula is C32H37Cl2N3O6S. The number of rotatable bonds is 12. The number of carbonyl (C=O) groups excluding carboxylic acids is 2. The molecule has 1 saturated carbocycles. The maximum Gasteiger partial charge on any atom is 0.264 e. The van der Waals surface area contributed by atoms with Gasteiger partial charge in [-0.2, -0.15) is 0 Å². The van der Waals surface area contributed by atoms with Crippen molar-refractivity contribution >= 4 is 50.7 Å². The van der Waals surface area contributed by atoms with Crippen LogP contribution in [0.4, 0.5) is 5.69 Å². The van der Waals surface area contributed by atoms with E-state index in [4.69, 9.17) is 32.7 Å². The number of hydrogen-bond acceptors (Lipinski definition) is 6. The molecule has 236 valence electrons. The van der Waals surface area contributed by atoms with Crippen molar-refractivity contribution in [1.82, 2.24) is 10.2 Å². The summed E-state index contributed by atoms with van der Waals surface area (Å²) in [5, 5.41) is 3.69. The number of aryl methyl sites for hydroxylation is 1. The minimum Gasteiger partial charge on any atom is -0.493 e. The van der Waals surface area contributed by atoms with E-state index < -0.39 is 28.5 Å². The number of carbonyl (C=O) groups is 2. The summed E-state index contributed by atoms with van der Waals surface area (Å²) in [4.78, 5) is 29.0. The zero-order valence-corrected chi connectivity index (χ0v) is 27.5. The van der Waals surface area contributed by atoms with Gasteiger partial charge >= 0.3 is 0 Å². The van der Waals surface area contributed by atoms with Crippen molar-refractivity contribution in [3.05, 3.63) is 81.8 Å². The Labute approximate surface area is 269 Å². The number of amides is 2. The molecule has 12 heteroatoms. The highest BCUT2D eigenvalue weighted by molar-refractivity contribution is 7.92. The lowest BCUT2D eigenvalue weighted by molar-refractivity contribution is -0.139. The highest BCUT2D eigenvalue weighted by Crippen LogP contribution is 2.34. The zero-order chi connectivity index (χ0) is 32.0. The molecule has 0 bridgehead atoms. The molecule has 0 radical (unpaired) electrons. The maximum atomic E-state index is 14.2. The number of ether oxygens (including phenoxy) is 2. The summed E-state index contributed by atoms with van der Waals surface area (Å²) >= 11 is 12.9. The number of anilines is 1. The third-order valence-corrected chi connectivity index (χ3v) is 10.3. The molecule has 1 atom stereocenters. The summed E-state index contributed by atoms with van der Waals surface area (Å²) in [5.41, 5.74) is 1.50. The Morgan fingerprint density at radius 1 is 0.955 bits per heavy atom. The average Bonchev–Trinajstić information content (AvgIpc) is 3.52. The van der Waals surface area contributed by atoms with Crippen molar-refractivity contribution in [2.24, 2.45) is 0 Å². The molecule has 2 amide bonds. The molecule has 0 aromatic heterocycles. The summed E-state index contributed by atoms with van der Waals surface area (Å²) in [6.07, 6.45) is 3.78. The quantitative estimate of drug-likeness (QED) is 0.256. The van der Waals surface area contributed by atoms with Crippen LogP contribution in [0.25, 0.3) is 0 Å². The van der Waals surface area contributed by atoms with Crippen LogP contribution in [-0.4, -0.2) is 58.0 Å². The Bertz CT molecular complexity index is 1570. The lowest BCUT2D eigenvalue weighted by Gasteiger charge is -2.33. The predicted molar refractivity (Wildman–Crippen MR) is 172 cm³/mol. The maximum absolute atomic E-state index is 14.2. The number of nitrogens with one attached hydrogen (secondary N) is 1. The summed E-state index contributed by atoms with van der Waals surface area (Å²) in [6, 6.07) is 15.0. The Balaban J connectivity index is 1.76. The van der Waals surface area contributed by atoms with E-state index in [0.29, 0.717) is 21.4 Å². The lowest BCUT2D eigenvalue weighted by atomic mass is 10.1. The standard InChI is InChI=1S/C32H37Cl2N3O6S/c1-21-12-15-25(16-13-21)44(40,41)37(24-14-17-29(42-3)30(18-24)43-4)20-31(38)36(19-26-27(33)10-7-11-28(26)34)22(2)32(39)35-23-8-5-6-9-23/h7,10-18,22-23H,5-6,8-9,19-20H2,1-4H3,(H,35,39)/t22-/m1/s1. The molecular weight excluding hydrogens is 625 g/mol. The first-order chi connectivity index (χ1) is 21.0. The fourth-order valence-corrected chi connectivity index (χ4v) is 7.10. The SMILES string of the molecule is COc1ccc(N(CC(=O)N(Cc2c(Cl)cccc2Cl)[C@H](C)C(=O)NC2CCCC2)S(=O)(=O)c2ccc(C)cc2)cc1OC. The zero-order valence-electron chi connectivity index (χ0n) is 25.2. The van der Waals surface area contributed by atoms with Gasteiger partial charge in [0, 0.05) is 34.3 Å². The molecule has 3 aromatic carbocycles. The Morgan fingerprint density at radius 2 is 1.57 bits per heavy atom. The van der Waals surface area contributed by atoms with E-state index in [2.05, 4.69) is 5.32 Å². The molecule has 4 rings (SSSR count). The third kappa shape index (κ3) is 7.60. The second-order valence-electron chi connectivity index (χ2n) is 10.8. The summed E-state index contributed by atoms with van der Waals surface area (Å²) in [5.74, 6) is -0.291. The molecule has 1 aliphatic rings. The van der Waals surface area contributed by atoms with Crippen LogP contribution in [0.2, 0.25) is 10.0 Å². The highest BCUT2D eigenvalue weighted by atomic mass is 35.5. The Kier molecular flexibility index (Phi) is 11.0. The number of methoxy groups -OCH3 is 2. The minimum absolute atomic E-state index is 0.00147. The van der Waals surface area contributed by atoms with E-state index in [1.165, 1.54) is 43.4 Å². The van der Waals surface area contributed by atoms with E-state index in [1.54, 1.807) is 43.3 Å². The topological polar surface area (TPSA) is 105 Å². The number of halogens is 2. The molecule has 0 spiro atoms. The van der Waals surface area contributed by atoms with E-state index in [9.17, 15) is 18.0 Å². The van der Waals surface area contributed by atoms with Crippen molar-refractivity contribution in [3.63, 3.8) is 0 Å². The van der Waals surface area contributed by atoms with Crippen LogP contribution in [-0.2, 0) is 26.2 Å². The third-order valence-electron chi connectivity index (χ3n) is 7.80. The van der Waals surface area contributed by atoms with Crippen LogP contribution in [0, 0.1) is 6.92 Å². The molecule has 1 fully saturated rings. The summed E-state index contributed by atoms with van der Waals surface area (Å²) in [6.45, 7) is 2.74. The van der Waals surface area contributed by atoms with Crippen LogP contribution in [0.3, 0.4) is 0 Å². The van der Waals surface area contributed by atoms with Crippen molar-refractivity contribution in [2.75, 3.05) is 25.1 Å². The first-order valence-electron chi connectivity index (χ1n) is 14.3. The number of benzene rings is 3. The van der Waals surface area contributed by atoms with Gasteiger partial charge in [-0.1, -0.05) is 59.8 Å². The van der Waals surface area contributed by atoms with Crippen molar-refractivity contribution < 1.29 is 27.5 Å². The van der Waals surface area contributed by atoms with E-state index in [1.807, 2.05) is 6.92 Å².